The summed E-state index contributed by atoms with van der Waals surface area (Å²) < 4.78 is 135. The molecule has 0 saturated carbocycles. The third-order valence-electron chi connectivity index (χ3n) is 10.5. The van der Waals surface area contributed by atoms with Gasteiger partial charge in [0.05, 0.1) is 23.4 Å². The van der Waals surface area contributed by atoms with Crippen LogP contribution >= 0.6 is 0 Å². The standard InChI is InChI=1S/C41H38F7N9O4S/c1-21-22(2)40(44,45)37-33(21)36(41(46,47)48)52-57(37)20-32(58)51-31(16-23-14-24(42)17-25(43)15-23)34-28(11-10-26(50-34)12-13-39(3,4)59)29-8-7-9-30-35(29)56(6)53-38(30)54-62(60,61)27-18-49-55(5)19-27/h7-11,14-15,17-19,21-22,31,59H,16,20H2,1-6H3,(H,51,58)(H,53,54)/t21-,22+,31-/m0/s1. The molecule has 21 heteroatoms. The molecule has 7 rings (SSSR count). The number of rotatable bonds is 10. The Kier molecular flexibility index (Phi) is 11.0. The van der Waals surface area contributed by atoms with Gasteiger partial charge >= 0.3 is 6.18 Å². The first kappa shape index (κ1) is 43.8. The first-order valence-electron chi connectivity index (χ1n) is 18.9. The van der Waals surface area contributed by atoms with Gasteiger partial charge in [-0.15, -0.1) is 0 Å². The van der Waals surface area contributed by atoms with E-state index in [0.29, 0.717) is 27.2 Å². The fourth-order valence-electron chi connectivity index (χ4n) is 7.53. The van der Waals surface area contributed by atoms with Gasteiger partial charge in [-0.25, -0.2) is 22.2 Å². The van der Waals surface area contributed by atoms with Gasteiger partial charge in [-0.2, -0.15) is 37.2 Å². The quantitative estimate of drug-likeness (QED) is 0.101. The second-order valence-corrected chi connectivity index (χ2v) is 17.3. The number of nitrogens with zero attached hydrogens (tertiary/aromatic N) is 7. The van der Waals surface area contributed by atoms with E-state index in [-0.39, 0.29) is 33.2 Å². The number of benzene rings is 2. The van der Waals surface area contributed by atoms with Gasteiger partial charge in [0.25, 0.3) is 15.9 Å². The molecule has 3 atom stereocenters. The molecule has 6 aromatic rings. The lowest BCUT2D eigenvalue weighted by Crippen LogP contribution is -2.35. The highest BCUT2D eigenvalue weighted by atomic mass is 32.2. The van der Waals surface area contributed by atoms with E-state index in [1.807, 2.05) is 0 Å². The maximum atomic E-state index is 15.6. The smallest absolute Gasteiger partial charge is 0.378 e. The summed E-state index contributed by atoms with van der Waals surface area (Å²) >= 11 is 0. The van der Waals surface area contributed by atoms with E-state index in [2.05, 4.69) is 37.2 Å². The number of nitrogens with one attached hydrogen (secondary N) is 2. The first-order valence-corrected chi connectivity index (χ1v) is 20.4. The lowest BCUT2D eigenvalue weighted by Gasteiger charge is -2.23. The highest BCUT2D eigenvalue weighted by molar-refractivity contribution is 7.92. The predicted molar refractivity (Wildman–Crippen MR) is 211 cm³/mol. The minimum absolute atomic E-state index is 0.00659. The van der Waals surface area contributed by atoms with Crippen LogP contribution < -0.4 is 10.0 Å². The van der Waals surface area contributed by atoms with Crippen LogP contribution in [-0.4, -0.2) is 59.4 Å². The molecule has 3 N–H and O–H groups in total. The molecule has 0 aliphatic heterocycles. The van der Waals surface area contributed by atoms with Gasteiger partial charge < -0.3 is 10.4 Å². The number of aryl methyl sites for hydroxylation is 2. The summed E-state index contributed by atoms with van der Waals surface area (Å²) in [6.45, 7) is 4.05. The number of anilines is 1. The van der Waals surface area contributed by atoms with Crippen molar-refractivity contribution in [3.8, 4) is 23.0 Å². The number of aromatic nitrogens is 7. The Bertz CT molecular complexity index is 2900. The van der Waals surface area contributed by atoms with Crippen LogP contribution in [0.15, 0.2) is 65.8 Å². The van der Waals surface area contributed by atoms with Gasteiger partial charge in [-0.1, -0.05) is 31.9 Å². The number of para-hydroxylation sites is 1. The van der Waals surface area contributed by atoms with E-state index in [1.165, 1.54) is 49.4 Å². The van der Waals surface area contributed by atoms with E-state index < -0.39 is 93.1 Å². The molecule has 4 heterocycles. The number of fused-ring (bicyclic) bond motifs is 2. The molecule has 0 radical (unpaired) electrons. The third-order valence-corrected chi connectivity index (χ3v) is 11.8. The second kappa shape index (κ2) is 15.6. The third kappa shape index (κ3) is 8.48. The first-order chi connectivity index (χ1) is 28.8. The number of aliphatic hydroxyl groups is 1. The molecule has 4 aromatic heterocycles. The van der Waals surface area contributed by atoms with E-state index in [9.17, 15) is 40.3 Å². The van der Waals surface area contributed by atoms with Crippen LogP contribution in [0.2, 0.25) is 0 Å². The van der Waals surface area contributed by atoms with Crippen molar-refractivity contribution in [2.75, 3.05) is 4.72 Å². The van der Waals surface area contributed by atoms with Crippen LogP contribution in [0.5, 0.6) is 0 Å². The van der Waals surface area contributed by atoms with Crippen LogP contribution in [0.3, 0.4) is 0 Å². The Morgan fingerprint density at radius 3 is 2.34 bits per heavy atom. The Morgan fingerprint density at radius 2 is 1.71 bits per heavy atom. The molecule has 0 fully saturated rings. The molecule has 1 aliphatic carbocycles. The summed E-state index contributed by atoms with van der Waals surface area (Å²) in [5, 5.41) is 25.1. The van der Waals surface area contributed by atoms with Crippen LogP contribution in [0, 0.1) is 29.4 Å². The minimum atomic E-state index is -5.13. The zero-order chi connectivity index (χ0) is 45.3. The van der Waals surface area contributed by atoms with E-state index in [0.717, 1.165) is 25.3 Å². The molecule has 0 bridgehead atoms. The molecular weight excluding hydrogens is 848 g/mol. The average Bonchev–Trinajstić information content (AvgIpc) is 3.90. The van der Waals surface area contributed by atoms with Gasteiger partial charge in [0, 0.05) is 54.4 Å². The maximum absolute atomic E-state index is 15.6. The number of carbonyl (C=O) groups is 1. The van der Waals surface area contributed by atoms with E-state index in [1.54, 1.807) is 31.3 Å². The lowest BCUT2D eigenvalue weighted by molar-refractivity contribution is -0.143. The topological polar surface area (TPSA) is 162 Å². The van der Waals surface area contributed by atoms with E-state index in [4.69, 9.17) is 4.98 Å². The molecular formula is C41H38F7N9O4S. The van der Waals surface area contributed by atoms with Crippen molar-refractivity contribution in [3.05, 3.63) is 106 Å². The van der Waals surface area contributed by atoms with Crippen LogP contribution in [0.4, 0.5) is 36.6 Å². The number of hydrogen-bond acceptors (Lipinski definition) is 8. The zero-order valence-corrected chi connectivity index (χ0v) is 34.6. The van der Waals surface area contributed by atoms with Crippen molar-refractivity contribution in [2.24, 2.45) is 20.0 Å². The summed E-state index contributed by atoms with van der Waals surface area (Å²) in [6, 6.07) is 9.02. The molecule has 2 aromatic carbocycles. The number of pyridine rings is 1. The fourth-order valence-corrected chi connectivity index (χ4v) is 8.53. The van der Waals surface area contributed by atoms with Gasteiger partial charge in [0.2, 0.25) is 5.91 Å². The van der Waals surface area contributed by atoms with Gasteiger partial charge in [0.1, 0.15) is 40.1 Å². The molecule has 0 saturated heterocycles. The zero-order valence-electron chi connectivity index (χ0n) is 33.8. The SMILES string of the molecule is C[C@@H]1c2c(C(F)(F)F)nn(CC(=O)N[C@@H](Cc3cc(F)cc(F)c3)c3nc(C#CC(C)(C)O)ccc3-c3cccc4c(NS(=O)(=O)c5cnn(C)c5)nn(C)c34)c2C(F)(F)[C@@H]1C. The fraction of sp³-hybridized carbons (Fsp3) is 0.341. The predicted octanol–water partition coefficient (Wildman–Crippen LogP) is 6.73. The van der Waals surface area contributed by atoms with Crippen molar-refractivity contribution in [1.82, 2.24) is 39.6 Å². The van der Waals surface area contributed by atoms with Crippen LogP contribution in [-0.2, 0) is 54.0 Å². The molecule has 326 valence electrons. The summed E-state index contributed by atoms with van der Waals surface area (Å²) in [7, 11) is -1.10. The molecule has 1 amide bonds. The van der Waals surface area contributed by atoms with E-state index >= 15 is 8.78 Å². The van der Waals surface area contributed by atoms with Crippen molar-refractivity contribution in [1.29, 1.82) is 0 Å². The van der Waals surface area contributed by atoms with Gasteiger partial charge in [0.15, 0.2) is 11.5 Å². The number of halogens is 7. The van der Waals surface area contributed by atoms with Crippen molar-refractivity contribution in [3.63, 3.8) is 0 Å². The Labute approximate surface area is 350 Å². The van der Waals surface area contributed by atoms with Crippen molar-refractivity contribution in [2.45, 2.75) is 75.2 Å². The highest BCUT2D eigenvalue weighted by Crippen LogP contribution is 2.55. The molecule has 0 unspecified atom stereocenters. The average molecular weight is 886 g/mol. The molecule has 0 spiro atoms. The number of amides is 1. The Balaban J connectivity index is 1.38. The molecule has 62 heavy (non-hydrogen) atoms. The lowest BCUT2D eigenvalue weighted by atomic mass is 9.93. The number of hydrogen-bond donors (Lipinski definition) is 3. The summed E-state index contributed by atoms with van der Waals surface area (Å²) in [4.78, 5) is 18.6. The second-order valence-electron chi connectivity index (χ2n) is 15.6. The van der Waals surface area contributed by atoms with Crippen LogP contribution in [0.25, 0.3) is 22.0 Å². The normalized spacial score (nSPS) is 16.8. The minimum Gasteiger partial charge on any atom is -0.378 e. The summed E-state index contributed by atoms with van der Waals surface area (Å²) in [5.74, 6) is -4.35. The number of sulfonamides is 1. The van der Waals surface area contributed by atoms with Gasteiger partial charge in [-0.3, -0.25) is 23.6 Å². The number of carbonyl (C=O) groups excluding carboxylic acids is 1. The molecule has 1 aliphatic rings. The Morgan fingerprint density at radius 1 is 1.02 bits per heavy atom. The highest BCUT2D eigenvalue weighted by Gasteiger charge is 2.57. The Hall–Kier alpha value is -6.27. The maximum Gasteiger partial charge on any atom is 0.435 e. The van der Waals surface area contributed by atoms with Crippen LogP contribution in [0.1, 0.15) is 73.6 Å². The summed E-state index contributed by atoms with van der Waals surface area (Å²) in [6.07, 6.45) is -3.09. The summed E-state index contributed by atoms with van der Waals surface area (Å²) in [5.41, 5.74) is -3.87. The van der Waals surface area contributed by atoms with Crippen molar-refractivity contribution >= 4 is 32.7 Å². The largest absolute Gasteiger partial charge is 0.435 e. The molecule has 13 nitrogen and oxygen atoms in total. The van der Waals surface area contributed by atoms with Gasteiger partial charge in [-0.05, 0) is 68.0 Å². The monoisotopic (exact) mass is 885 g/mol. The number of alkyl halides is 5. The van der Waals surface area contributed by atoms with Crippen molar-refractivity contribution < 1.29 is 49.1 Å².